The molecule has 0 bridgehead atoms. The Morgan fingerprint density at radius 1 is 1.32 bits per heavy atom. The number of nitrogens with one attached hydrogen (secondary N) is 1. The van der Waals surface area contributed by atoms with Crippen LogP contribution in [0.3, 0.4) is 0 Å². The van der Waals surface area contributed by atoms with E-state index in [1.54, 1.807) is 13.1 Å². The summed E-state index contributed by atoms with van der Waals surface area (Å²) >= 11 is 1.41. The molecule has 0 unspecified atom stereocenters. The van der Waals surface area contributed by atoms with Crippen molar-refractivity contribution < 1.29 is 9.59 Å². The molecule has 3 heterocycles. The lowest BCUT2D eigenvalue weighted by Crippen LogP contribution is -2.41. The maximum atomic E-state index is 12.5. The van der Waals surface area contributed by atoms with Crippen LogP contribution in [0.25, 0.3) is 0 Å². The summed E-state index contributed by atoms with van der Waals surface area (Å²) in [5.41, 5.74) is 0. The molecular weight excluding hydrogens is 298 g/mol. The second-order valence-corrected chi connectivity index (χ2v) is 7.22. The molecule has 1 aromatic rings. The van der Waals surface area contributed by atoms with Crippen LogP contribution in [0.15, 0.2) is 17.5 Å². The fraction of sp³-hybridized carbons (Fsp3) is 0.625. The van der Waals surface area contributed by atoms with Gasteiger partial charge in [0.05, 0.1) is 11.4 Å². The number of carbonyl (C=O) groups excluding carboxylic acids is 2. The van der Waals surface area contributed by atoms with Crippen LogP contribution in [0.1, 0.15) is 22.5 Å². The molecule has 2 aliphatic heterocycles. The highest BCUT2D eigenvalue weighted by atomic mass is 32.1. The molecule has 0 saturated carbocycles. The van der Waals surface area contributed by atoms with Crippen LogP contribution < -0.4 is 5.32 Å². The Morgan fingerprint density at radius 3 is 2.59 bits per heavy atom. The number of amides is 2. The smallest absolute Gasteiger partial charge is 0.264 e. The first-order valence-corrected chi connectivity index (χ1v) is 8.80. The summed E-state index contributed by atoms with van der Waals surface area (Å²) in [6.07, 6.45) is 2.15. The maximum absolute atomic E-state index is 12.5. The van der Waals surface area contributed by atoms with Crippen molar-refractivity contribution in [3.8, 4) is 0 Å². The number of hydrogen-bond acceptors (Lipinski definition) is 4. The standard InChI is InChI=1S/C16H23N3O2S/c1-18(16(21)14-3-2-8-22-14)11-15(20)19-6-4-12-9-17-10-13(12)5-7-19/h2-3,8,12-13,17H,4-7,9-11H2,1H3/t12-,13+. The molecule has 0 aliphatic carbocycles. The largest absolute Gasteiger partial charge is 0.341 e. The fourth-order valence-corrected chi connectivity index (χ4v) is 4.15. The van der Waals surface area contributed by atoms with E-state index >= 15 is 0 Å². The van der Waals surface area contributed by atoms with E-state index in [1.165, 1.54) is 16.2 Å². The molecule has 2 amide bonds. The summed E-state index contributed by atoms with van der Waals surface area (Å²) in [5.74, 6) is 1.42. The van der Waals surface area contributed by atoms with E-state index in [0.717, 1.165) is 39.0 Å². The molecule has 0 radical (unpaired) electrons. The van der Waals surface area contributed by atoms with Crippen molar-refractivity contribution in [1.29, 1.82) is 0 Å². The summed E-state index contributed by atoms with van der Waals surface area (Å²) in [5, 5.41) is 5.32. The highest BCUT2D eigenvalue weighted by molar-refractivity contribution is 7.12. The Morgan fingerprint density at radius 2 is 2.00 bits per heavy atom. The molecule has 6 heteroatoms. The average Bonchev–Trinajstić information content (AvgIpc) is 3.15. The van der Waals surface area contributed by atoms with E-state index in [0.29, 0.717) is 16.7 Å². The molecule has 2 saturated heterocycles. The van der Waals surface area contributed by atoms with Crippen molar-refractivity contribution in [2.45, 2.75) is 12.8 Å². The lowest BCUT2D eigenvalue weighted by atomic mass is 9.92. The van der Waals surface area contributed by atoms with Gasteiger partial charge in [0, 0.05) is 20.1 Å². The van der Waals surface area contributed by atoms with Crippen molar-refractivity contribution in [3.63, 3.8) is 0 Å². The minimum Gasteiger partial charge on any atom is -0.341 e. The molecular formula is C16H23N3O2S. The first kappa shape index (κ1) is 15.5. The van der Waals surface area contributed by atoms with Gasteiger partial charge < -0.3 is 15.1 Å². The average molecular weight is 321 g/mol. The predicted octanol–water partition coefficient (Wildman–Crippen LogP) is 1.28. The Hall–Kier alpha value is -1.40. The van der Waals surface area contributed by atoms with Crippen LogP contribution >= 0.6 is 11.3 Å². The minimum absolute atomic E-state index is 0.0698. The normalized spacial score (nSPS) is 24.7. The molecule has 1 aromatic heterocycles. The third-order valence-corrected chi connectivity index (χ3v) is 5.68. The zero-order valence-electron chi connectivity index (χ0n) is 13.0. The molecule has 22 heavy (non-hydrogen) atoms. The van der Waals surface area contributed by atoms with Gasteiger partial charge in [-0.25, -0.2) is 0 Å². The Kier molecular flexibility index (Phi) is 4.78. The molecule has 3 rings (SSSR count). The van der Waals surface area contributed by atoms with E-state index in [9.17, 15) is 9.59 Å². The number of rotatable bonds is 3. The van der Waals surface area contributed by atoms with Gasteiger partial charge in [0.25, 0.3) is 5.91 Å². The summed E-state index contributed by atoms with van der Waals surface area (Å²) in [6.45, 7) is 3.99. The quantitative estimate of drug-likeness (QED) is 0.912. The number of likely N-dealkylation sites (N-methyl/N-ethyl adjacent to an activating group) is 1. The lowest BCUT2D eigenvalue weighted by Gasteiger charge is -2.24. The minimum atomic E-state index is -0.0701. The van der Waals surface area contributed by atoms with Crippen LogP contribution in [0.2, 0.25) is 0 Å². The van der Waals surface area contributed by atoms with Crippen LogP contribution in [-0.2, 0) is 4.79 Å². The second kappa shape index (κ2) is 6.79. The lowest BCUT2D eigenvalue weighted by molar-refractivity contribution is -0.131. The molecule has 2 fully saturated rings. The van der Waals surface area contributed by atoms with Crippen molar-refractivity contribution in [2.75, 3.05) is 39.8 Å². The van der Waals surface area contributed by atoms with Crippen LogP contribution in [0, 0.1) is 11.8 Å². The van der Waals surface area contributed by atoms with Gasteiger partial charge in [0.1, 0.15) is 0 Å². The van der Waals surface area contributed by atoms with Gasteiger partial charge in [0.2, 0.25) is 5.91 Å². The van der Waals surface area contributed by atoms with Crippen molar-refractivity contribution >= 4 is 23.2 Å². The second-order valence-electron chi connectivity index (χ2n) is 6.28. The van der Waals surface area contributed by atoms with Gasteiger partial charge in [-0.2, -0.15) is 0 Å². The van der Waals surface area contributed by atoms with Gasteiger partial charge in [-0.15, -0.1) is 11.3 Å². The van der Waals surface area contributed by atoms with Crippen molar-refractivity contribution in [2.24, 2.45) is 11.8 Å². The monoisotopic (exact) mass is 321 g/mol. The molecule has 0 spiro atoms. The Balaban J connectivity index is 1.54. The van der Waals surface area contributed by atoms with Gasteiger partial charge in [0.15, 0.2) is 0 Å². The van der Waals surface area contributed by atoms with E-state index in [1.807, 2.05) is 16.3 Å². The number of carbonyl (C=O) groups is 2. The van der Waals surface area contributed by atoms with Gasteiger partial charge >= 0.3 is 0 Å². The molecule has 0 aromatic carbocycles. The summed E-state index contributed by atoms with van der Waals surface area (Å²) in [7, 11) is 1.70. The molecule has 5 nitrogen and oxygen atoms in total. The highest BCUT2D eigenvalue weighted by Gasteiger charge is 2.31. The van der Waals surface area contributed by atoms with Crippen molar-refractivity contribution in [1.82, 2.24) is 15.1 Å². The summed E-state index contributed by atoms with van der Waals surface area (Å²) in [4.78, 5) is 28.8. The van der Waals surface area contributed by atoms with Crippen LogP contribution in [0.5, 0.6) is 0 Å². The third kappa shape index (κ3) is 3.33. The number of fused-ring (bicyclic) bond motifs is 1. The number of thiophene rings is 1. The fourth-order valence-electron chi connectivity index (χ4n) is 3.43. The topological polar surface area (TPSA) is 52.7 Å². The van der Waals surface area contributed by atoms with E-state index in [4.69, 9.17) is 0 Å². The van der Waals surface area contributed by atoms with E-state index in [2.05, 4.69) is 5.32 Å². The molecule has 120 valence electrons. The van der Waals surface area contributed by atoms with E-state index < -0.39 is 0 Å². The molecule has 1 N–H and O–H groups in total. The van der Waals surface area contributed by atoms with Gasteiger partial charge in [-0.05, 0) is 49.2 Å². The maximum Gasteiger partial charge on any atom is 0.264 e. The van der Waals surface area contributed by atoms with Crippen LogP contribution in [0.4, 0.5) is 0 Å². The summed E-state index contributed by atoms with van der Waals surface area (Å²) in [6, 6.07) is 3.66. The highest BCUT2D eigenvalue weighted by Crippen LogP contribution is 2.27. The zero-order valence-corrected chi connectivity index (χ0v) is 13.8. The molecule has 2 atom stereocenters. The first-order valence-electron chi connectivity index (χ1n) is 7.92. The Bertz CT molecular complexity index is 518. The zero-order chi connectivity index (χ0) is 15.5. The SMILES string of the molecule is CN(CC(=O)N1CC[C@@H]2CNC[C@@H]2CC1)C(=O)c1cccs1. The van der Waals surface area contributed by atoms with Crippen molar-refractivity contribution in [3.05, 3.63) is 22.4 Å². The number of nitrogens with zero attached hydrogens (tertiary/aromatic N) is 2. The predicted molar refractivity (Wildman–Crippen MR) is 86.9 cm³/mol. The van der Waals surface area contributed by atoms with E-state index in [-0.39, 0.29) is 18.4 Å². The van der Waals surface area contributed by atoms with Gasteiger partial charge in [-0.1, -0.05) is 6.07 Å². The van der Waals surface area contributed by atoms with Gasteiger partial charge in [-0.3, -0.25) is 9.59 Å². The summed E-state index contributed by atoms with van der Waals surface area (Å²) < 4.78 is 0. The number of hydrogen-bond donors (Lipinski definition) is 1. The first-order chi connectivity index (χ1) is 10.6. The Labute approximate surface area is 135 Å². The third-order valence-electron chi connectivity index (χ3n) is 4.82. The molecule has 2 aliphatic rings. The number of likely N-dealkylation sites (tertiary alicyclic amines) is 1. The van der Waals surface area contributed by atoms with Crippen LogP contribution in [-0.4, -0.2) is 61.4 Å².